The lowest BCUT2D eigenvalue weighted by Gasteiger charge is -2.32. The van der Waals surface area contributed by atoms with Crippen LogP contribution in [0.2, 0.25) is 0 Å². The van der Waals surface area contributed by atoms with Crippen LogP contribution in [0.3, 0.4) is 0 Å². The van der Waals surface area contributed by atoms with E-state index in [1.807, 2.05) is 6.07 Å². The Morgan fingerprint density at radius 2 is 2.05 bits per heavy atom. The Morgan fingerprint density at radius 3 is 2.92 bits per heavy atom. The van der Waals surface area contributed by atoms with Crippen LogP contribution in [0.25, 0.3) is 10.9 Å². The lowest BCUT2D eigenvalue weighted by molar-refractivity contribution is -0.118. The van der Waals surface area contributed by atoms with Crippen LogP contribution < -0.4 is 25.8 Å². The summed E-state index contributed by atoms with van der Waals surface area (Å²) in [6.45, 7) is 0.887. The summed E-state index contributed by atoms with van der Waals surface area (Å²) >= 11 is 0. The third kappa shape index (κ3) is 4.23. The summed E-state index contributed by atoms with van der Waals surface area (Å²) in [6.07, 6.45) is 2.68. The summed E-state index contributed by atoms with van der Waals surface area (Å²) < 4.78 is 12.6. The van der Waals surface area contributed by atoms with Crippen LogP contribution in [0.15, 0.2) is 41.3 Å². The smallest absolute Gasteiger partial charge is 0.417 e. The van der Waals surface area contributed by atoms with Crippen molar-refractivity contribution >= 4 is 34.7 Å². The predicted molar refractivity (Wildman–Crippen MR) is 131 cm³/mol. The Morgan fingerprint density at radius 1 is 1.19 bits per heavy atom. The molecule has 4 heterocycles. The molecule has 2 amide bonds. The van der Waals surface area contributed by atoms with Crippen LogP contribution >= 0.6 is 0 Å². The first-order valence-electron chi connectivity index (χ1n) is 12.1. The van der Waals surface area contributed by atoms with Crippen LogP contribution in [-0.4, -0.2) is 57.9 Å². The number of aromatic nitrogens is 3. The number of pyridine rings is 1. The molecule has 0 bridgehead atoms. The van der Waals surface area contributed by atoms with Crippen molar-refractivity contribution in [3.63, 3.8) is 0 Å². The molecule has 3 aromatic rings. The second-order valence-corrected chi connectivity index (χ2v) is 9.25. The second kappa shape index (κ2) is 9.18. The molecule has 2 N–H and O–H groups in total. The molecule has 6 rings (SSSR count). The fourth-order valence-corrected chi connectivity index (χ4v) is 5.23. The lowest BCUT2D eigenvalue weighted by atomic mass is 9.88. The van der Waals surface area contributed by atoms with Crippen LogP contribution in [0, 0.1) is 11.3 Å². The van der Waals surface area contributed by atoms with E-state index in [4.69, 9.17) is 9.47 Å². The van der Waals surface area contributed by atoms with Crippen molar-refractivity contribution in [1.82, 2.24) is 19.9 Å². The number of benzene rings is 1. The molecule has 12 heteroatoms. The van der Waals surface area contributed by atoms with E-state index in [-0.39, 0.29) is 48.0 Å². The number of nitrogens with one attached hydrogen (secondary N) is 2. The molecule has 3 aliphatic rings. The van der Waals surface area contributed by atoms with Gasteiger partial charge < -0.3 is 24.7 Å². The van der Waals surface area contributed by atoms with Gasteiger partial charge in [-0.15, -0.1) is 0 Å². The van der Waals surface area contributed by atoms with E-state index in [1.165, 1.54) is 17.2 Å². The number of nitriles is 1. The highest BCUT2D eigenvalue weighted by molar-refractivity contribution is 5.95. The molecule has 2 aromatic heterocycles. The van der Waals surface area contributed by atoms with Gasteiger partial charge >= 0.3 is 6.09 Å². The highest BCUT2D eigenvalue weighted by Crippen LogP contribution is 2.36. The quantitative estimate of drug-likeness (QED) is 0.530. The molecule has 2 aliphatic heterocycles. The molecule has 0 spiro atoms. The van der Waals surface area contributed by atoms with Crippen LogP contribution in [0.5, 0.6) is 5.75 Å². The maximum Gasteiger partial charge on any atom is 0.417 e. The second-order valence-electron chi connectivity index (χ2n) is 9.25. The zero-order valence-corrected chi connectivity index (χ0v) is 19.7. The maximum absolute atomic E-state index is 12.7. The Hall–Kier alpha value is -4.50. The van der Waals surface area contributed by atoms with Crippen molar-refractivity contribution < 1.29 is 19.1 Å². The average Bonchev–Trinajstić information content (AvgIpc) is 3.24. The highest BCUT2D eigenvalue weighted by Gasteiger charge is 2.47. The van der Waals surface area contributed by atoms with E-state index in [1.54, 1.807) is 22.8 Å². The number of carbonyl (C=O) groups excluding carboxylic acids is 2. The largest absolute Gasteiger partial charge is 0.478 e. The Labute approximate surface area is 210 Å². The van der Waals surface area contributed by atoms with Crippen molar-refractivity contribution in [2.45, 2.75) is 44.0 Å². The molecule has 1 unspecified atom stereocenters. The standard InChI is InChI=1S/C25H23N7O5/c26-11-14-1-2-15-3-6-22(34)31(18(15)9-14)8-7-27-16-4-5-17-19(10-16)37-25(35)32(17)24-28-12-20-23(30-24)29-21(33)13-36-20/h1-3,6,9,12,16-17,19,27H,4-5,7-8,10,13H2,(H,28,29,30,33)/t16-,17?,19-/m1/s1. The molecule has 2 fully saturated rings. The molecular weight excluding hydrogens is 478 g/mol. The number of ether oxygens (including phenoxy) is 2. The van der Waals surface area contributed by atoms with Gasteiger partial charge in [-0.3, -0.25) is 9.59 Å². The third-order valence-electron chi connectivity index (χ3n) is 7.00. The van der Waals surface area contributed by atoms with Crippen molar-refractivity contribution in [3.8, 4) is 11.8 Å². The van der Waals surface area contributed by atoms with Crippen molar-refractivity contribution in [3.05, 3.63) is 52.4 Å². The van der Waals surface area contributed by atoms with E-state index in [9.17, 15) is 19.6 Å². The van der Waals surface area contributed by atoms with Crippen molar-refractivity contribution in [2.75, 3.05) is 23.4 Å². The van der Waals surface area contributed by atoms with Gasteiger partial charge in [-0.2, -0.15) is 10.2 Å². The summed E-state index contributed by atoms with van der Waals surface area (Å²) in [4.78, 5) is 46.9. The Bertz CT molecular complexity index is 1510. The first-order valence-corrected chi connectivity index (χ1v) is 12.1. The fourth-order valence-electron chi connectivity index (χ4n) is 5.23. The minimum atomic E-state index is -0.519. The Kier molecular flexibility index (Phi) is 5.69. The monoisotopic (exact) mass is 501 g/mol. The van der Waals surface area contributed by atoms with E-state index >= 15 is 0 Å². The predicted octanol–water partition coefficient (Wildman–Crippen LogP) is 1.53. The van der Waals surface area contributed by atoms with Crippen molar-refractivity contribution in [2.24, 2.45) is 0 Å². The zero-order chi connectivity index (χ0) is 25.5. The minimum Gasteiger partial charge on any atom is -0.478 e. The molecule has 1 saturated carbocycles. The topological polar surface area (TPSA) is 151 Å². The molecule has 188 valence electrons. The summed E-state index contributed by atoms with van der Waals surface area (Å²) in [6, 6.07) is 10.6. The third-order valence-corrected chi connectivity index (χ3v) is 7.00. The molecular formula is C25H23N7O5. The van der Waals surface area contributed by atoms with Gasteiger partial charge in [0.05, 0.1) is 29.4 Å². The van der Waals surface area contributed by atoms with Gasteiger partial charge in [-0.1, -0.05) is 6.07 Å². The van der Waals surface area contributed by atoms with Crippen LogP contribution in [0.1, 0.15) is 24.8 Å². The van der Waals surface area contributed by atoms with Crippen LogP contribution in [0.4, 0.5) is 16.6 Å². The van der Waals surface area contributed by atoms with Gasteiger partial charge in [0.25, 0.3) is 11.5 Å². The highest BCUT2D eigenvalue weighted by atomic mass is 16.6. The van der Waals surface area contributed by atoms with Crippen LogP contribution in [-0.2, 0) is 16.1 Å². The molecule has 0 radical (unpaired) electrons. The molecule has 1 aliphatic carbocycles. The maximum atomic E-state index is 12.7. The summed E-state index contributed by atoms with van der Waals surface area (Å²) in [5.41, 5.74) is 1.10. The number of hydrogen-bond acceptors (Lipinski definition) is 9. The normalized spacial score (nSPS) is 22.5. The number of anilines is 2. The Balaban J connectivity index is 1.11. The van der Waals surface area contributed by atoms with Gasteiger partial charge in [0, 0.05) is 31.6 Å². The molecule has 37 heavy (non-hydrogen) atoms. The van der Waals surface area contributed by atoms with E-state index in [2.05, 4.69) is 26.7 Å². The van der Waals surface area contributed by atoms with Gasteiger partial charge in [-0.25, -0.2) is 14.7 Å². The minimum absolute atomic E-state index is 0.101. The molecule has 3 atom stereocenters. The molecule has 1 aromatic carbocycles. The van der Waals surface area contributed by atoms with E-state index in [0.717, 1.165) is 17.3 Å². The fraction of sp³-hybridized carbons (Fsp3) is 0.360. The SMILES string of the molecule is N#Cc1ccc2ccc(=O)n(CCN[C@@H]3CCC4[C@@H](C3)OC(=O)N4c3ncc4c(n3)NC(=O)CO4)c2c1. The molecule has 12 nitrogen and oxygen atoms in total. The van der Waals surface area contributed by atoms with Crippen molar-refractivity contribution in [1.29, 1.82) is 5.26 Å². The van der Waals surface area contributed by atoms with E-state index < -0.39 is 6.09 Å². The number of rotatable bonds is 5. The van der Waals surface area contributed by atoms with Gasteiger partial charge in [-0.05, 0) is 36.4 Å². The number of hydrogen-bond donors (Lipinski definition) is 2. The summed E-state index contributed by atoms with van der Waals surface area (Å²) in [5.74, 6) is 0.440. The molecule has 1 saturated heterocycles. The van der Waals surface area contributed by atoms with Gasteiger partial charge in [0.2, 0.25) is 5.95 Å². The number of fused-ring (bicyclic) bond motifs is 3. The summed E-state index contributed by atoms with van der Waals surface area (Å²) in [5, 5.41) is 16.2. The van der Waals surface area contributed by atoms with Gasteiger partial charge in [0.1, 0.15) is 6.10 Å². The van der Waals surface area contributed by atoms with E-state index in [0.29, 0.717) is 37.2 Å². The number of amides is 2. The summed E-state index contributed by atoms with van der Waals surface area (Å²) in [7, 11) is 0. The number of nitrogens with zero attached hydrogens (tertiary/aromatic N) is 5. The number of carbonyl (C=O) groups is 2. The zero-order valence-electron chi connectivity index (χ0n) is 19.7. The first kappa shape index (κ1) is 22.9. The first-order chi connectivity index (χ1) is 18.0. The van der Waals surface area contributed by atoms with Gasteiger partial charge in [0.15, 0.2) is 18.2 Å². The average molecular weight is 502 g/mol. The lowest BCUT2D eigenvalue weighted by Crippen LogP contribution is -2.47.